The number of fused-ring (bicyclic) bond motifs is 1. The number of thiazole rings is 1. The van der Waals surface area contributed by atoms with Gasteiger partial charge in [-0.2, -0.15) is 4.98 Å². The SMILES string of the molecule is Cc1nc2nc(NC(C)c3cccc(F)c3)nc(C(=O)CCC(C)O)c2s1. The number of nitrogens with one attached hydrogen (secondary N) is 1. The van der Waals surface area contributed by atoms with Gasteiger partial charge in [0, 0.05) is 6.42 Å². The molecular weight excluding hydrogens is 367 g/mol. The van der Waals surface area contributed by atoms with Gasteiger partial charge in [0.2, 0.25) is 5.95 Å². The molecule has 1 aromatic carbocycles. The number of hydrogen-bond donors (Lipinski definition) is 2. The number of nitrogens with zero attached hydrogens (tertiary/aromatic N) is 3. The average Bonchev–Trinajstić information content (AvgIpc) is 2.98. The number of aromatic nitrogens is 3. The molecule has 0 amide bonds. The molecule has 2 atom stereocenters. The minimum atomic E-state index is -0.555. The zero-order valence-corrected chi connectivity index (χ0v) is 16.2. The first-order chi connectivity index (χ1) is 12.8. The van der Waals surface area contributed by atoms with E-state index in [0.29, 0.717) is 22.5 Å². The van der Waals surface area contributed by atoms with Crippen molar-refractivity contribution in [3.8, 4) is 0 Å². The van der Waals surface area contributed by atoms with Crippen molar-refractivity contribution in [2.75, 3.05) is 5.32 Å². The maximum atomic E-state index is 13.5. The first-order valence-corrected chi connectivity index (χ1v) is 9.53. The molecule has 0 radical (unpaired) electrons. The quantitative estimate of drug-likeness (QED) is 0.594. The molecule has 27 heavy (non-hydrogen) atoms. The number of carbonyl (C=O) groups is 1. The van der Waals surface area contributed by atoms with Crippen LogP contribution in [-0.2, 0) is 0 Å². The average molecular weight is 388 g/mol. The van der Waals surface area contributed by atoms with Crippen molar-refractivity contribution in [1.82, 2.24) is 15.0 Å². The van der Waals surface area contributed by atoms with Crippen molar-refractivity contribution in [2.45, 2.75) is 45.8 Å². The molecular formula is C19H21FN4O2S. The van der Waals surface area contributed by atoms with Gasteiger partial charge in [-0.25, -0.2) is 14.4 Å². The Bertz CT molecular complexity index is 973. The van der Waals surface area contributed by atoms with Gasteiger partial charge in [-0.3, -0.25) is 4.79 Å². The van der Waals surface area contributed by atoms with Crippen LogP contribution in [0.3, 0.4) is 0 Å². The molecule has 0 aliphatic carbocycles. The van der Waals surface area contributed by atoms with Gasteiger partial charge in [-0.1, -0.05) is 12.1 Å². The molecule has 2 N–H and O–H groups in total. The third kappa shape index (κ3) is 4.64. The van der Waals surface area contributed by atoms with Crippen molar-refractivity contribution in [3.63, 3.8) is 0 Å². The van der Waals surface area contributed by atoms with E-state index in [1.807, 2.05) is 13.8 Å². The Morgan fingerprint density at radius 1 is 1.30 bits per heavy atom. The Hall–Kier alpha value is -2.45. The molecule has 0 aliphatic heterocycles. The van der Waals surface area contributed by atoms with Gasteiger partial charge < -0.3 is 10.4 Å². The third-order valence-electron chi connectivity index (χ3n) is 4.11. The largest absolute Gasteiger partial charge is 0.393 e. The highest BCUT2D eigenvalue weighted by molar-refractivity contribution is 7.18. The lowest BCUT2D eigenvalue weighted by molar-refractivity contribution is 0.0946. The smallest absolute Gasteiger partial charge is 0.225 e. The minimum absolute atomic E-state index is 0.159. The van der Waals surface area contributed by atoms with Crippen molar-refractivity contribution >= 4 is 33.4 Å². The number of carbonyl (C=O) groups excluding carboxylic acids is 1. The molecule has 6 nitrogen and oxygen atoms in total. The predicted octanol–water partition coefficient (Wildman–Crippen LogP) is 4.05. The van der Waals surface area contributed by atoms with Gasteiger partial charge in [0.05, 0.1) is 17.2 Å². The summed E-state index contributed by atoms with van der Waals surface area (Å²) in [6, 6.07) is 6.02. The molecule has 2 heterocycles. The van der Waals surface area contributed by atoms with Crippen LogP contribution >= 0.6 is 11.3 Å². The molecule has 0 saturated carbocycles. The summed E-state index contributed by atoms with van der Waals surface area (Å²) in [4.78, 5) is 25.8. The molecule has 0 aliphatic rings. The first kappa shape index (κ1) is 19.3. The Kier molecular flexibility index (Phi) is 5.76. The third-order valence-corrected chi connectivity index (χ3v) is 5.08. The van der Waals surface area contributed by atoms with E-state index < -0.39 is 6.10 Å². The van der Waals surface area contributed by atoms with Gasteiger partial charge >= 0.3 is 0 Å². The van der Waals surface area contributed by atoms with E-state index in [4.69, 9.17) is 0 Å². The van der Waals surface area contributed by atoms with Crippen molar-refractivity contribution in [1.29, 1.82) is 0 Å². The molecule has 0 fully saturated rings. The molecule has 2 aromatic heterocycles. The standard InChI is InChI=1S/C19H21FN4O2S/c1-10(25)7-8-15(26)16-17-18(22-12(3)27-17)24-19(23-16)21-11(2)13-5-4-6-14(20)9-13/h4-6,9-11,25H,7-8H2,1-3H3,(H,21,23,24). The molecule has 8 heteroatoms. The van der Waals surface area contributed by atoms with Crippen molar-refractivity contribution < 1.29 is 14.3 Å². The number of aryl methyl sites for hydroxylation is 1. The number of aliphatic hydroxyl groups excluding tert-OH is 1. The van der Waals surface area contributed by atoms with E-state index in [-0.39, 0.29) is 30.0 Å². The van der Waals surface area contributed by atoms with E-state index in [2.05, 4.69) is 20.3 Å². The summed E-state index contributed by atoms with van der Waals surface area (Å²) in [6.07, 6.45) is 0.00422. The fourth-order valence-electron chi connectivity index (χ4n) is 2.69. The lowest BCUT2D eigenvalue weighted by Crippen LogP contribution is -2.13. The zero-order valence-electron chi connectivity index (χ0n) is 15.4. The van der Waals surface area contributed by atoms with E-state index >= 15 is 0 Å². The van der Waals surface area contributed by atoms with Crippen LogP contribution in [-0.4, -0.2) is 31.9 Å². The maximum absolute atomic E-state index is 13.5. The molecule has 2 unspecified atom stereocenters. The van der Waals surface area contributed by atoms with Crippen LogP contribution in [0.15, 0.2) is 24.3 Å². The number of anilines is 1. The van der Waals surface area contributed by atoms with Gasteiger partial charge in [0.15, 0.2) is 11.4 Å². The summed E-state index contributed by atoms with van der Waals surface area (Å²) in [5.41, 5.74) is 1.51. The molecule has 0 saturated heterocycles. The molecule has 142 valence electrons. The Morgan fingerprint density at radius 2 is 2.07 bits per heavy atom. The Morgan fingerprint density at radius 3 is 2.78 bits per heavy atom. The van der Waals surface area contributed by atoms with Gasteiger partial charge in [-0.05, 0) is 44.9 Å². The highest BCUT2D eigenvalue weighted by Gasteiger charge is 2.19. The van der Waals surface area contributed by atoms with Crippen molar-refractivity contribution in [3.05, 3.63) is 46.3 Å². The summed E-state index contributed by atoms with van der Waals surface area (Å²) >= 11 is 1.37. The summed E-state index contributed by atoms with van der Waals surface area (Å²) in [6.45, 7) is 5.36. The second-order valence-electron chi connectivity index (χ2n) is 6.51. The van der Waals surface area contributed by atoms with Gasteiger partial charge in [-0.15, -0.1) is 11.3 Å². The predicted molar refractivity (Wildman–Crippen MR) is 104 cm³/mol. The van der Waals surface area contributed by atoms with Crippen LogP contribution in [0.1, 0.15) is 53.8 Å². The first-order valence-electron chi connectivity index (χ1n) is 8.72. The second-order valence-corrected chi connectivity index (χ2v) is 7.72. The highest BCUT2D eigenvalue weighted by Crippen LogP contribution is 2.27. The zero-order chi connectivity index (χ0) is 19.6. The summed E-state index contributed by atoms with van der Waals surface area (Å²) in [7, 11) is 0. The number of aliphatic hydroxyl groups is 1. The lowest BCUT2D eigenvalue weighted by atomic mass is 10.1. The van der Waals surface area contributed by atoms with E-state index in [1.54, 1.807) is 19.1 Å². The summed E-state index contributed by atoms with van der Waals surface area (Å²) in [5, 5.41) is 13.4. The van der Waals surface area contributed by atoms with E-state index in [9.17, 15) is 14.3 Å². The minimum Gasteiger partial charge on any atom is -0.393 e. The fourth-order valence-corrected chi connectivity index (χ4v) is 3.56. The van der Waals surface area contributed by atoms with E-state index in [0.717, 1.165) is 10.6 Å². The van der Waals surface area contributed by atoms with Gasteiger partial charge in [0.25, 0.3) is 0 Å². The number of ketones is 1. The monoisotopic (exact) mass is 388 g/mol. The summed E-state index contributed by atoms with van der Waals surface area (Å²) in [5.74, 6) is -0.208. The van der Waals surface area contributed by atoms with Crippen LogP contribution in [0.25, 0.3) is 10.3 Å². The summed E-state index contributed by atoms with van der Waals surface area (Å²) < 4.78 is 14.1. The Labute approximate surface area is 160 Å². The molecule has 3 rings (SSSR count). The number of benzene rings is 1. The highest BCUT2D eigenvalue weighted by atomic mass is 32.1. The number of Topliss-reactive ketones (excluding diaryl/α,β-unsaturated/α-hetero) is 1. The number of hydrogen-bond acceptors (Lipinski definition) is 7. The van der Waals surface area contributed by atoms with Crippen LogP contribution in [0.4, 0.5) is 10.3 Å². The molecule has 3 aromatic rings. The lowest BCUT2D eigenvalue weighted by Gasteiger charge is -2.15. The van der Waals surface area contributed by atoms with Crippen LogP contribution < -0.4 is 5.32 Å². The van der Waals surface area contributed by atoms with Crippen LogP contribution in [0, 0.1) is 12.7 Å². The van der Waals surface area contributed by atoms with Crippen LogP contribution in [0.5, 0.6) is 0 Å². The fraction of sp³-hybridized carbons (Fsp3) is 0.368. The van der Waals surface area contributed by atoms with E-state index in [1.165, 1.54) is 23.5 Å². The van der Waals surface area contributed by atoms with Crippen LogP contribution in [0.2, 0.25) is 0 Å². The normalized spacial score (nSPS) is 13.5. The number of rotatable bonds is 7. The van der Waals surface area contributed by atoms with Crippen molar-refractivity contribution in [2.24, 2.45) is 0 Å². The second kappa shape index (κ2) is 8.06. The molecule has 0 spiro atoms. The van der Waals surface area contributed by atoms with Gasteiger partial charge in [0.1, 0.15) is 16.2 Å². The molecule has 0 bridgehead atoms. The maximum Gasteiger partial charge on any atom is 0.225 e. The Balaban J connectivity index is 1.92. The topological polar surface area (TPSA) is 88.0 Å². The number of halogens is 1.